The maximum atomic E-state index is 13.5. The molecule has 172 valence electrons. The lowest BCUT2D eigenvalue weighted by atomic mass is 9.97. The number of nitrogens with zero attached hydrogens (tertiary/aromatic N) is 2. The summed E-state index contributed by atoms with van der Waals surface area (Å²) in [4.78, 5) is 15.4. The van der Waals surface area contributed by atoms with Crippen molar-refractivity contribution < 1.29 is 22.7 Å². The molecular weight excluding hydrogens is 496 g/mol. The minimum Gasteiger partial charge on any atom is -0.497 e. The van der Waals surface area contributed by atoms with E-state index < -0.39 is 15.9 Å². The van der Waals surface area contributed by atoms with Gasteiger partial charge in [-0.1, -0.05) is 15.9 Å². The number of ether oxygens (including phenoxy) is 2. The molecule has 0 aliphatic carbocycles. The third kappa shape index (κ3) is 4.13. The van der Waals surface area contributed by atoms with Crippen LogP contribution in [0, 0.1) is 5.92 Å². The Balaban J connectivity index is 1.60. The highest BCUT2D eigenvalue weighted by atomic mass is 79.9. The standard InChI is InChI=1S/C23H27BrN2O5S/c1-15-11-17-12-18(24)6-8-20(17)26(15)23(27)16-5-4-10-25(14-16)32(28,29)22-13-19(30-2)7-9-21(22)31-3/h6-9,12-13,15-16H,4-5,10-11,14H2,1-3H3/t15-,16-/m0/s1. The molecule has 7 nitrogen and oxygen atoms in total. The molecule has 2 aromatic carbocycles. The molecule has 32 heavy (non-hydrogen) atoms. The van der Waals surface area contributed by atoms with E-state index >= 15 is 0 Å². The van der Waals surface area contributed by atoms with Crippen LogP contribution in [0.5, 0.6) is 11.5 Å². The number of anilines is 1. The Labute approximate surface area is 197 Å². The van der Waals surface area contributed by atoms with Crippen molar-refractivity contribution in [2.24, 2.45) is 5.92 Å². The minimum absolute atomic E-state index is 0.0175. The number of rotatable bonds is 5. The summed E-state index contributed by atoms with van der Waals surface area (Å²) >= 11 is 3.50. The second-order valence-corrected chi connectivity index (χ2v) is 11.1. The van der Waals surface area contributed by atoms with Crippen LogP contribution < -0.4 is 14.4 Å². The Bertz CT molecular complexity index is 1140. The van der Waals surface area contributed by atoms with Crippen LogP contribution in [0.4, 0.5) is 5.69 Å². The van der Waals surface area contributed by atoms with Gasteiger partial charge in [0, 0.05) is 35.4 Å². The van der Waals surface area contributed by atoms with Gasteiger partial charge in [0.1, 0.15) is 16.4 Å². The van der Waals surface area contributed by atoms with Crippen LogP contribution in [-0.4, -0.2) is 52.0 Å². The quantitative estimate of drug-likeness (QED) is 0.596. The van der Waals surface area contributed by atoms with Crippen molar-refractivity contribution in [3.8, 4) is 11.5 Å². The number of amides is 1. The van der Waals surface area contributed by atoms with E-state index in [-0.39, 0.29) is 29.1 Å². The molecule has 1 fully saturated rings. The molecule has 0 N–H and O–H groups in total. The molecule has 0 unspecified atom stereocenters. The summed E-state index contributed by atoms with van der Waals surface area (Å²) in [6, 6.07) is 10.7. The van der Waals surface area contributed by atoms with E-state index in [1.807, 2.05) is 30.0 Å². The van der Waals surface area contributed by atoms with Crippen LogP contribution in [0.1, 0.15) is 25.3 Å². The number of sulfonamides is 1. The van der Waals surface area contributed by atoms with Crippen molar-refractivity contribution in [3.05, 3.63) is 46.4 Å². The third-order valence-corrected chi connectivity index (χ3v) is 8.60. The van der Waals surface area contributed by atoms with Gasteiger partial charge in [0.2, 0.25) is 15.9 Å². The first-order valence-electron chi connectivity index (χ1n) is 10.6. The van der Waals surface area contributed by atoms with Gasteiger partial charge in [-0.2, -0.15) is 4.31 Å². The average molecular weight is 523 g/mol. The Hall–Kier alpha value is -2.10. The molecule has 2 aliphatic rings. The third-order valence-electron chi connectivity index (χ3n) is 6.22. The van der Waals surface area contributed by atoms with E-state index in [2.05, 4.69) is 15.9 Å². The van der Waals surface area contributed by atoms with Crippen LogP contribution in [0.2, 0.25) is 0 Å². The van der Waals surface area contributed by atoms with E-state index in [4.69, 9.17) is 9.47 Å². The number of fused-ring (bicyclic) bond motifs is 1. The first kappa shape index (κ1) is 23.1. The van der Waals surface area contributed by atoms with Crippen molar-refractivity contribution in [1.82, 2.24) is 4.31 Å². The van der Waals surface area contributed by atoms with Gasteiger partial charge in [-0.3, -0.25) is 4.79 Å². The lowest BCUT2D eigenvalue weighted by molar-refractivity contribution is -0.123. The number of hydrogen-bond acceptors (Lipinski definition) is 5. The van der Waals surface area contributed by atoms with Crippen molar-refractivity contribution in [2.45, 2.75) is 37.1 Å². The second-order valence-electron chi connectivity index (χ2n) is 8.25. The molecule has 2 aliphatic heterocycles. The van der Waals surface area contributed by atoms with Gasteiger partial charge in [0.25, 0.3) is 0 Å². The summed E-state index contributed by atoms with van der Waals surface area (Å²) in [5, 5.41) is 0. The van der Waals surface area contributed by atoms with Gasteiger partial charge >= 0.3 is 0 Å². The number of halogens is 1. The van der Waals surface area contributed by atoms with Gasteiger partial charge in [-0.05, 0) is 62.1 Å². The molecule has 9 heteroatoms. The van der Waals surface area contributed by atoms with Gasteiger partial charge in [0.15, 0.2) is 0 Å². The predicted octanol–water partition coefficient (Wildman–Crippen LogP) is 3.84. The van der Waals surface area contributed by atoms with Crippen LogP contribution in [0.3, 0.4) is 0 Å². The maximum absolute atomic E-state index is 13.5. The van der Waals surface area contributed by atoms with Gasteiger partial charge in [0.05, 0.1) is 20.1 Å². The lowest BCUT2D eigenvalue weighted by Crippen LogP contribution is -2.48. The molecule has 0 bridgehead atoms. The molecule has 1 saturated heterocycles. The fraction of sp³-hybridized carbons (Fsp3) is 0.435. The summed E-state index contributed by atoms with van der Waals surface area (Å²) in [6.45, 7) is 2.55. The van der Waals surface area contributed by atoms with Crippen molar-refractivity contribution in [2.75, 3.05) is 32.2 Å². The first-order valence-corrected chi connectivity index (χ1v) is 12.8. The van der Waals surface area contributed by atoms with Crippen LogP contribution in [-0.2, 0) is 21.2 Å². The monoisotopic (exact) mass is 522 g/mol. The highest BCUT2D eigenvalue weighted by Crippen LogP contribution is 2.37. The number of hydrogen-bond donors (Lipinski definition) is 0. The Morgan fingerprint density at radius 3 is 2.62 bits per heavy atom. The molecule has 0 aromatic heterocycles. The summed E-state index contributed by atoms with van der Waals surface area (Å²) in [6.07, 6.45) is 2.07. The smallest absolute Gasteiger partial charge is 0.246 e. The largest absolute Gasteiger partial charge is 0.497 e. The Morgan fingerprint density at radius 2 is 1.91 bits per heavy atom. The van der Waals surface area contributed by atoms with Gasteiger partial charge < -0.3 is 14.4 Å². The molecule has 0 spiro atoms. The lowest BCUT2D eigenvalue weighted by Gasteiger charge is -2.34. The fourth-order valence-corrected chi connectivity index (χ4v) is 6.72. The zero-order valence-corrected chi connectivity index (χ0v) is 20.8. The molecule has 2 aromatic rings. The summed E-state index contributed by atoms with van der Waals surface area (Å²) in [5.74, 6) is 0.276. The number of piperidine rings is 1. The van der Waals surface area contributed by atoms with Crippen molar-refractivity contribution >= 4 is 37.5 Å². The van der Waals surface area contributed by atoms with E-state index in [1.54, 1.807) is 12.1 Å². The van der Waals surface area contributed by atoms with Crippen LogP contribution in [0.25, 0.3) is 0 Å². The molecule has 2 atom stereocenters. The highest BCUT2D eigenvalue weighted by molar-refractivity contribution is 9.10. The maximum Gasteiger partial charge on any atom is 0.246 e. The van der Waals surface area contributed by atoms with Crippen LogP contribution in [0.15, 0.2) is 45.8 Å². The normalized spacial score (nSPS) is 21.3. The predicted molar refractivity (Wildman–Crippen MR) is 126 cm³/mol. The Morgan fingerprint density at radius 1 is 1.12 bits per heavy atom. The number of benzene rings is 2. The van der Waals surface area contributed by atoms with Gasteiger partial charge in [-0.15, -0.1) is 0 Å². The van der Waals surface area contributed by atoms with Crippen molar-refractivity contribution in [1.29, 1.82) is 0 Å². The van der Waals surface area contributed by atoms with Crippen molar-refractivity contribution in [3.63, 3.8) is 0 Å². The topological polar surface area (TPSA) is 76.1 Å². The fourth-order valence-electron chi connectivity index (χ4n) is 4.62. The zero-order valence-electron chi connectivity index (χ0n) is 18.4. The molecule has 4 rings (SSSR count). The Kier molecular flexibility index (Phi) is 6.51. The second kappa shape index (κ2) is 9.03. The summed E-state index contributed by atoms with van der Waals surface area (Å²) in [7, 11) is -0.930. The van der Waals surface area contributed by atoms with Crippen LogP contribution >= 0.6 is 15.9 Å². The highest BCUT2D eigenvalue weighted by Gasteiger charge is 2.40. The SMILES string of the molecule is COc1ccc(OC)c(S(=O)(=O)N2CCC[C@H](C(=O)N3c4ccc(Br)cc4C[C@@H]3C)C2)c1. The number of carbonyl (C=O) groups excluding carboxylic acids is 1. The zero-order chi connectivity index (χ0) is 23.0. The minimum atomic E-state index is -3.86. The molecule has 1 amide bonds. The molecule has 0 saturated carbocycles. The van der Waals surface area contributed by atoms with Gasteiger partial charge in [-0.25, -0.2) is 8.42 Å². The van der Waals surface area contributed by atoms with E-state index in [0.717, 1.165) is 22.1 Å². The van der Waals surface area contributed by atoms with E-state index in [9.17, 15) is 13.2 Å². The molecule has 2 heterocycles. The summed E-state index contributed by atoms with van der Waals surface area (Å²) < 4.78 is 39.9. The average Bonchev–Trinajstić information content (AvgIpc) is 3.12. The summed E-state index contributed by atoms with van der Waals surface area (Å²) in [5.41, 5.74) is 2.04. The van der Waals surface area contributed by atoms with E-state index in [0.29, 0.717) is 25.1 Å². The number of methoxy groups -OCH3 is 2. The molecule has 0 radical (unpaired) electrons. The number of carbonyl (C=O) groups is 1. The first-order chi connectivity index (χ1) is 15.3. The van der Waals surface area contributed by atoms with E-state index in [1.165, 1.54) is 24.6 Å². The molecular formula is C23H27BrN2O5S.